The minimum Gasteiger partial charge on any atom is -0.122 e. The summed E-state index contributed by atoms with van der Waals surface area (Å²) in [5.74, 6) is 0.750. The molecule has 0 aliphatic heterocycles. The summed E-state index contributed by atoms with van der Waals surface area (Å²) in [6.07, 6.45) is 8.89. The molecule has 0 spiro atoms. The summed E-state index contributed by atoms with van der Waals surface area (Å²) in [6, 6.07) is 0. The lowest BCUT2D eigenvalue weighted by atomic mass is 10.2. The van der Waals surface area contributed by atoms with Gasteiger partial charge in [-0.1, -0.05) is 18.1 Å². The van der Waals surface area contributed by atoms with Gasteiger partial charge in [0, 0.05) is 5.88 Å². The van der Waals surface area contributed by atoms with Gasteiger partial charge in [0.1, 0.15) is 0 Å². The van der Waals surface area contributed by atoms with Gasteiger partial charge < -0.3 is 0 Å². The summed E-state index contributed by atoms with van der Waals surface area (Å²) in [6.45, 7) is 0. The zero-order valence-corrected chi connectivity index (χ0v) is 6.45. The van der Waals surface area contributed by atoms with E-state index >= 15 is 0 Å². The van der Waals surface area contributed by atoms with Gasteiger partial charge in [-0.05, 0) is 25.7 Å². The predicted molar refractivity (Wildman–Crippen MR) is 41.9 cm³/mol. The molecule has 0 aromatic rings. The quantitative estimate of drug-likeness (QED) is 0.392. The van der Waals surface area contributed by atoms with Crippen LogP contribution in [0.2, 0.25) is 0 Å². The second-order valence-electron chi connectivity index (χ2n) is 2.60. The van der Waals surface area contributed by atoms with Crippen molar-refractivity contribution in [2.24, 2.45) is 0 Å². The van der Waals surface area contributed by atoms with Gasteiger partial charge in [0.25, 0.3) is 0 Å². The Hall–Kier alpha value is 0.0300. The van der Waals surface area contributed by atoms with Gasteiger partial charge in [-0.25, -0.2) is 0 Å². The van der Waals surface area contributed by atoms with Crippen LogP contribution >= 0.6 is 11.6 Å². The van der Waals surface area contributed by atoms with E-state index in [1.165, 1.54) is 37.7 Å². The molecule has 0 nitrogen and oxygen atoms in total. The van der Waals surface area contributed by atoms with E-state index in [4.69, 9.17) is 11.6 Å². The standard InChI is InChI=1S/C8H13Cl/c9-7-8-5-3-1-2-4-6-8/h5H,1-4,6-7H2. The van der Waals surface area contributed by atoms with Gasteiger partial charge in [-0.15, -0.1) is 11.6 Å². The molecule has 0 aromatic carbocycles. The Morgan fingerprint density at radius 1 is 1.33 bits per heavy atom. The molecule has 0 atom stereocenters. The SMILES string of the molecule is ClCC1=CCCCCC1. The fourth-order valence-electron chi connectivity index (χ4n) is 1.20. The fraction of sp³-hybridized carbons (Fsp3) is 0.750. The first-order valence-electron chi connectivity index (χ1n) is 3.67. The molecule has 52 valence electrons. The lowest BCUT2D eigenvalue weighted by Gasteiger charge is -1.95. The fourth-order valence-corrected chi connectivity index (χ4v) is 1.45. The molecule has 1 heteroatoms. The summed E-state index contributed by atoms with van der Waals surface area (Å²) in [7, 11) is 0. The highest BCUT2D eigenvalue weighted by atomic mass is 35.5. The smallest absolute Gasteiger partial charge is 0.0433 e. The van der Waals surface area contributed by atoms with Crippen LogP contribution in [0, 0.1) is 0 Å². The molecule has 0 saturated heterocycles. The van der Waals surface area contributed by atoms with Crippen LogP contribution in [0.1, 0.15) is 32.1 Å². The van der Waals surface area contributed by atoms with Crippen LogP contribution in [-0.4, -0.2) is 5.88 Å². The van der Waals surface area contributed by atoms with Crippen molar-refractivity contribution in [2.45, 2.75) is 32.1 Å². The molecule has 0 saturated carbocycles. The molecule has 0 bridgehead atoms. The maximum Gasteiger partial charge on any atom is 0.0433 e. The maximum absolute atomic E-state index is 5.68. The Bertz CT molecular complexity index is 105. The predicted octanol–water partition coefficient (Wildman–Crippen LogP) is 3.12. The van der Waals surface area contributed by atoms with Crippen LogP contribution in [-0.2, 0) is 0 Å². The largest absolute Gasteiger partial charge is 0.122 e. The lowest BCUT2D eigenvalue weighted by molar-refractivity contribution is 0.711. The molecular formula is C8H13Cl. The lowest BCUT2D eigenvalue weighted by Crippen LogP contribution is -1.81. The van der Waals surface area contributed by atoms with Crippen molar-refractivity contribution < 1.29 is 0 Å². The van der Waals surface area contributed by atoms with E-state index in [-0.39, 0.29) is 0 Å². The zero-order chi connectivity index (χ0) is 6.53. The summed E-state index contributed by atoms with van der Waals surface area (Å²) >= 11 is 5.68. The molecule has 0 fully saturated rings. The van der Waals surface area contributed by atoms with Gasteiger partial charge in [-0.3, -0.25) is 0 Å². The third kappa shape index (κ3) is 2.40. The van der Waals surface area contributed by atoms with Gasteiger partial charge in [0.2, 0.25) is 0 Å². The summed E-state index contributed by atoms with van der Waals surface area (Å²) in [5, 5.41) is 0. The Balaban J connectivity index is 2.37. The highest BCUT2D eigenvalue weighted by molar-refractivity contribution is 6.19. The Kier molecular flexibility index (Phi) is 3.13. The highest BCUT2D eigenvalue weighted by Crippen LogP contribution is 2.17. The number of allylic oxidation sites excluding steroid dienone is 2. The van der Waals surface area contributed by atoms with Crippen LogP contribution in [0.5, 0.6) is 0 Å². The van der Waals surface area contributed by atoms with Crippen LogP contribution in [0.3, 0.4) is 0 Å². The molecule has 0 unspecified atom stereocenters. The first-order valence-corrected chi connectivity index (χ1v) is 4.21. The second kappa shape index (κ2) is 3.94. The third-order valence-electron chi connectivity index (χ3n) is 1.81. The number of hydrogen-bond donors (Lipinski definition) is 0. The topological polar surface area (TPSA) is 0 Å². The van der Waals surface area contributed by atoms with Crippen molar-refractivity contribution in [1.29, 1.82) is 0 Å². The first kappa shape index (κ1) is 7.14. The van der Waals surface area contributed by atoms with Gasteiger partial charge in [-0.2, -0.15) is 0 Å². The highest BCUT2D eigenvalue weighted by Gasteiger charge is 1.99. The third-order valence-corrected chi connectivity index (χ3v) is 2.15. The monoisotopic (exact) mass is 144 g/mol. The van der Waals surface area contributed by atoms with Crippen LogP contribution in [0.25, 0.3) is 0 Å². The Morgan fingerprint density at radius 3 is 3.00 bits per heavy atom. The molecule has 9 heavy (non-hydrogen) atoms. The average Bonchev–Trinajstić information content (AvgIpc) is 2.13. The summed E-state index contributed by atoms with van der Waals surface area (Å²) < 4.78 is 0. The number of rotatable bonds is 1. The van der Waals surface area contributed by atoms with Crippen LogP contribution in [0.15, 0.2) is 11.6 Å². The van der Waals surface area contributed by atoms with E-state index in [1.54, 1.807) is 0 Å². The summed E-state index contributed by atoms with van der Waals surface area (Å²) in [4.78, 5) is 0. The molecule has 0 heterocycles. The van der Waals surface area contributed by atoms with E-state index in [0.717, 1.165) is 5.88 Å². The number of alkyl halides is 1. The maximum atomic E-state index is 5.68. The van der Waals surface area contributed by atoms with Gasteiger partial charge in [0.15, 0.2) is 0 Å². The van der Waals surface area contributed by atoms with Crippen molar-refractivity contribution in [1.82, 2.24) is 0 Å². The first-order chi connectivity index (χ1) is 4.43. The normalized spacial score (nSPS) is 20.8. The molecule has 0 amide bonds. The van der Waals surface area contributed by atoms with E-state index in [0.29, 0.717) is 0 Å². The zero-order valence-electron chi connectivity index (χ0n) is 5.70. The number of halogens is 1. The van der Waals surface area contributed by atoms with Crippen LogP contribution < -0.4 is 0 Å². The molecule has 0 aromatic heterocycles. The minimum absolute atomic E-state index is 0.750. The van der Waals surface area contributed by atoms with Crippen LogP contribution in [0.4, 0.5) is 0 Å². The molecular weight excluding hydrogens is 132 g/mol. The second-order valence-corrected chi connectivity index (χ2v) is 2.86. The van der Waals surface area contributed by atoms with E-state index in [2.05, 4.69) is 6.08 Å². The molecule has 1 aliphatic carbocycles. The van der Waals surface area contributed by atoms with Crippen molar-refractivity contribution in [3.8, 4) is 0 Å². The van der Waals surface area contributed by atoms with Gasteiger partial charge >= 0.3 is 0 Å². The molecule has 1 aliphatic rings. The molecule has 0 N–H and O–H groups in total. The molecule has 1 rings (SSSR count). The van der Waals surface area contributed by atoms with E-state index in [1.807, 2.05) is 0 Å². The van der Waals surface area contributed by atoms with Crippen molar-refractivity contribution in [3.05, 3.63) is 11.6 Å². The average molecular weight is 145 g/mol. The molecule has 0 radical (unpaired) electrons. The van der Waals surface area contributed by atoms with E-state index in [9.17, 15) is 0 Å². The van der Waals surface area contributed by atoms with Gasteiger partial charge in [0.05, 0.1) is 0 Å². The number of hydrogen-bond acceptors (Lipinski definition) is 0. The summed E-state index contributed by atoms with van der Waals surface area (Å²) in [5.41, 5.74) is 1.45. The van der Waals surface area contributed by atoms with E-state index < -0.39 is 0 Å². The van der Waals surface area contributed by atoms with Crippen molar-refractivity contribution >= 4 is 11.6 Å². The van der Waals surface area contributed by atoms with Crippen molar-refractivity contribution in [3.63, 3.8) is 0 Å². The van der Waals surface area contributed by atoms with Crippen molar-refractivity contribution in [2.75, 3.05) is 5.88 Å². The minimum atomic E-state index is 0.750. The Morgan fingerprint density at radius 2 is 2.22 bits per heavy atom. The Labute approximate surface area is 61.9 Å².